The van der Waals surface area contributed by atoms with Gasteiger partial charge in [-0.1, -0.05) is 17.3 Å². The number of anilines is 3. The predicted molar refractivity (Wildman–Crippen MR) is 140 cm³/mol. The van der Waals surface area contributed by atoms with Gasteiger partial charge in [0.15, 0.2) is 5.82 Å². The van der Waals surface area contributed by atoms with Gasteiger partial charge in [-0.05, 0) is 56.5 Å². The molecule has 0 bridgehead atoms. The minimum absolute atomic E-state index is 0.0610. The molecule has 13 nitrogen and oxygen atoms in total. The zero-order valence-corrected chi connectivity index (χ0v) is 20.8. The summed E-state index contributed by atoms with van der Waals surface area (Å²) in [6.45, 7) is 4.16. The Kier molecular flexibility index (Phi) is 6.62. The molecule has 0 spiro atoms. The van der Waals surface area contributed by atoms with Gasteiger partial charge in [-0.15, -0.1) is 10.2 Å². The molecule has 5 heterocycles. The molecule has 3 N–H and O–H groups in total. The van der Waals surface area contributed by atoms with Crippen LogP contribution in [0.5, 0.6) is 0 Å². The molecule has 0 amide bonds. The molecule has 0 radical (unpaired) electrons. The molecule has 1 unspecified atom stereocenters. The molecular formula is C25H28N12O. The highest BCUT2D eigenvalue weighted by atomic mass is 16.1. The van der Waals surface area contributed by atoms with Crippen molar-refractivity contribution in [2.45, 2.75) is 38.1 Å². The molecule has 4 aromatic rings. The third-order valence-corrected chi connectivity index (χ3v) is 7.33. The molecule has 1 atom stereocenters. The second kappa shape index (κ2) is 10.5. The summed E-state index contributed by atoms with van der Waals surface area (Å²) in [5.74, 6) is 2.02. The first-order chi connectivity index (χ1) is 18.7. The lowest BCUT2D eigenvalue weighted by Crippen LogP contribution is -2.36. The number of hydrogen-bond acceptors (Lipinski definition) is 11. The third kappa shape index (κ3) is 5.03. The summed E-state index contributed by atoms with van der Waals surface area (Å²) in [6.07, 6.45) is 5.32. The van der Waals surface area contributed by atoms with E-state index in [4.69, 9.17) is 4.98 Å². The number of nitriles is 1. The molecule has 2 fully saturated rings. The van der Waals surface area contributed by atoms with Gasteiger partial charge >= 0.3 is 0 Å². The van der Waals surface area contributed by atoms with Crippen LogP contribution < -0.4 is 15.8 Å². The van der Waals surface area contributed by atoms with Crippen molar-refractivity contribution >= 4 is 28.4 Å². The normalized spacial score (nSPS) is 18.9. The van der Waals surface area contributed by atoms with Crippen LogP contribution in [0.3, 0.4) is 0 Å². The van der Waals surface area contributed by atoms with Crippen LogP contribution >= 0.6 is 0 Å². The van der Waals surface area contributed by atoms with Crippen LogP contribution in [0.2, 0.25) is 0 Å². The number of tetrazole rings is 1. The van der Waals surface area contributed by atoms with Gasteiger partial charge in [0, 0.05) is 31.2 Å². The smallest absolute Gasteiger partial charge is 0.277 e. The van der Waals surface area contributed by atoms with E-state index in [1.165, 1.54) is 11.8 Å². The quantitative estimate of drug-likeness (QED) is 0.346. The van der Waals surface area contributed by atoms with E-state index in [-0.39, 0.29) is 11.5 Å². The highest BCUT2D eigenvalue weighted by Crippen LogP contribution is 2.28. The monoisotopic (exact) mass is 512 g/mol. The van der Waals surface area contributed by atoms with Crippen molar-refractivity contribution in [2.75, 3.05) is 36.4 Å². The first-order valence-electron chi connectivity index (χ1n) is 12.9. The topological polar surface area (TPSA) is 168 Å². The van der Waals surface area contributed by atoms with Crippen LogP contribution in [-0.2, 0) is 6.54 Å². The molecule has 3 aromatic heterocycles. The lowest BCUT2D eigenvalue weighted by molar-refractivity contribution is 0.201. The Morgan fingerprint density at radius 3 is 2.71 bits per heavy atom. The second-order valence-electron chi connectivity index (χ2n) is 9.89. The van der Waals surface area contributed by atoms with Crippen molar-refractivity contribution in [1.82, 2.24) is 45.7 Å². The number of benzene rings is 1. The average Bonchev–Trinajstić information content (AvgIpc) is 3.50. The van der Waals surface area contributed by atoms with Gasteiger partial charge in [0.1, 0.15) is 16.7 Å². The van der Waals surface area contributed by atoms with Gasteiger partial charge in [0.2, 0.25) is 5.95 Å². The van der Waals surface area contributed by atoms with Gasteiger partial charge in [-0.2, -0.15) is 20.6 Å². The molecule has 2 aliphatic rings. The first-order valence-corrected chi connectivity index (χ1v) is 12.9. The summed E-state index contributed by atoms with van der Waals surface area (Å²) in [7, 11) is 0. The van der Waals surface area contributed by atoms with Gasteiger partial charge in [0.05, 0.1) is 18.2 Å². The Balaban J connectivity index is 1.17. The number of aromatic amines is 2. The molecule has 194 valence electrons. The van der Waals surface area contributed by atoms with E-state index in [1.54, 1.807) is 0 Å². The molecule has 2 saturated heterocycles. The van der Waals surface area contributed by atoms with Crippen LogP contribution in [0, 0.1) is 17.2 Å². The summed E-state index contributed by atoms with van der Waals surface area (Å²) in [5.41, 5.74) is 2.13. The number of piperidine rings is 2. The minimum atomic E-state index is -0.356. The predicted octanol–water partition coefficient (Wildman–Crippen LogP) is 2.09. The first kappa shape index (κ1) is 23.9. The maximum atomic E-state index is 12.6. The Hall–Kier alpha value is -4.44. The number of rotatable bonds is 6. The van der Waals surface area contributed by atoms with Gasteiger partial charge in [0.25, 0.3) is 5.56 Å². The average molecular weight is 513 g/mol. The van der Waals surface area contributed by atoms with Gasteiger partial charge in [-0.25, -0.2) is 10.1 Å². The number of fused-ring (bicyclic) bond motifs is 1. The van der Waals surface area contributed by atoms with Crippen molar-refractivity contribution in [2.24, 2.45) is 5.92 Å². The summed E-state index contributed by atoms with van der Waals surface area (Å²) in [4.78, 5) is 26.4. The third-order valence-electron chi connectivity index (χ3n) is 7.33. The SMILES string of the molecule is N#CC1CCCN(c2nc(Nc3ccc(CN4CCC(c5nn[nH]n5)CC4)cc3)c3c(=O)[nH]ncc3n2)C1. The van der Waals surface area contributed by atoms with E-state index < -0.39 is 0 Å². The van der Waals surface area contributed by atoms with E-state index >= 15 is 0 Å². The summed E-state index contributed by atoms with van der Waals surface area (Å²) in [6, 6.07) is 10.5. The standard InChI is InChI=1S/C25H28N12O/c26-12-17-2-1-9-37(15-17)25-29-20-13-27-33-24(38)21(20)23(30-25)28-19-5-3-16(4-6-19)14-36-10-7-18(8-11-36)22-31-34-35-32-22/h3-6,13,17-18H,1-2,7-11,14-15H2,(H,33,38)(H,28,29,30)(H,31,32,34,35). The van der Waals surface area contributed by atoms with E-state index in [0.29, 0.717) is 35.1 Å². The summed E-state index contributed by atoms with van der Waals surface area (Å²) < 4.78 is 0. The number of likely N-dealkylation sites (tertiary alicyclic amines) is 1. The zero-order chi connectivity index (χ0) is 25.9. The summed E-state index contributed by atoms with van der Waals surface area (Å²) in [5, 5.41) is 34.0. The fourth-order valence-electron chi connectivity index (χ4n) is 5.27. The Labute approximate surface area is 218 Å². The Morgan fingerprint density at radius 1 is 1.11 bits per heavy atom. The van der Waals surface area contributed by atoms with Crippen molar-refractivity contribution in [3.63, 3.8) is 0 Å². The van der Waals surface area contributed by atoms with Crippen LogP contribution in [0.15, 0.2) is 35.3 Å². The van der Waals surface area contributed by atoms with E-state index in [1.807, 2.05) is 17.0 Å². The highest BCUT2D eigenvalue weighted by molar-refractivity contribution is 5.90. The molecule has 2 aliphatic heterocycles. The molecular weight excluding hydrogens is 484 g/mol. The Morgan fingerprint density at radius 2 is 1.95 bits per heavy atom. The lowest BCUT2D eigenvalue weighted by atomic mass is 9.96. The van der Waals surface area contributed by atoms with Crippen LogP contribution in [0.1, 0.15) is 43.0 Å². The Bertz CT molecular complexity index is 1490. The molecule has 13 heteroatoms. The van der Waals surface area contributed by atoms with Crippen LogP contribution in [0.25, 0.3) is 10.9 Å². The number of H-pyrrole nitrogens is 2. The molecule has 6 rings (SSSR count). The number of aromatic nitrogens is 8. The summed E-state index contributed by atoms with van der Waals surface area (Å²) >= 11 is 0. The zero-order valence-electron chi connectivity index (χ0n) is 20.8. The van der Waals surface area contributed by atoms with Crippen molar-refractivity contribution in [3.8, 4) is 6.07 Å². The van der Waals surface area contributed by atoms with Gasteiger partial charge in [-0.3, -0.25) is 9.69 Å². The maximum Gasteiger partial charge on any atom is 0.277 e. The second-order valence-corrected chi connectivity index (χ2v) is 9.89. The van der Waals surface area contributed by atoms with Crippen molar-refractivity contribution < 1.29 is 0 Å². The maximum absolute atomic E-state index is 12.6. The van der Waals surface area contributed by atoms with Gasteiger partial charge < -0.3 is 10.2 Å². The van der Waals surface area contributed by atoms with Crippen LogP contribution in [-0.4, -0.2) is 71.9 Å². The highest BCUT2D eigenvalue weighted by Gasteiger charge is 2.25. The number of nitrogens with one attached hydrogen (secondary N) is 3. The van der Waals surface area contributed by atoms with E-state index in [0.717, 1.165) is 63.4 Å². The molecule has 0 aliphatic carbocycles. The largest absolute Gasteiger partial charge is 0.339 e. The van der Waals surface area contributed by atoms with Crippen molar-refractivity contribution in [3.05, 3.63) is 52.2 Å². The van der Waals surface area contributed by atoms with E-state index in [2.05, 4.69) is 64.2 Å². The minimum Gasteiger partial charge on any atom is -0.339 e. The molecule has 0 saturated carbocycles. The fourth-order valence-corrected chi connectivity index (χ4v) is 5.27. The number of hydrogen-bond donors (Lipinski definition) is 3. The number of nitrogens with zero attached hydrogens (tertiary/aromatic N) is 9. The fraction of sp³-hybridized carbons (Fsp3) is 0.440. The van der Waals surface area contributed by atoms with Crippen LogP contribution in [0.4, 0.5) is 17.5 Å². The van der Waals surface area contributed by atoms with Crippen molar-refractivity contribution in [1.29, 1.82) is 5.26 Å². The van der Waals surface area contributed by atoms with E-state index in [9.17, 15) is 10.1 Å². The molecule has 1 aromatic carbocycles. The lowest BCUT2D eigenvalue weighted by Gasteiger charge is -2.30. The molecule has 38 heavy (non-hydrogen) atoms.